The molecular weight excluding hydrogens is 381 g/mol. The fraction of sp³-hybridized carbons (Fsp3) is 0.238. The first-order chi connectivity index (χ1) is 13.9. The molecule has 1 aliphatic heterocycles. The van der Waals surface area contributed by atoms with Crippen LogP contribution in [-0.4, -0.2) is 15.6 Å². The number of halogens is 3. The quantitative estimate of drug-likeness (QED) is 0.606. The van der Waals surface area contributed by atoms with Gasteiger partial charge in [-0.25, -0.2) is 9.78 Å². The Morgan fingerprint density at radius 1 is 0.966 bits per heavy atom. The van der Waals surface area contributed by atoms with Gasteiger partial charge in [-0.3, -0.25) is 0 Å². The zero-order valence-electron chi connectivity index (χ0n) is 15.5. The van der Waals surface area contributed by atoms with Crippen LogP contribution in [0.5, 0.6) is 0 Å². The molecule has 5 nitrogen and oxygen atoms in total. The average Bonchev–Trinajstić information content (AvgIpc) is 3.12. The Labute approximate surface area is 165 Å². The number of para-hydroxylation sites is 2. The molecule has 0 bridgehead atoms. The predicted octanol–water partition coefficient (Wildman–Crippen LogP) is 5.55. The average molecular weight is 400 g/mol. The number of imidazole rings is 1. The molecule has 0 fully saturated rings. The lowest BCUT2D eigenvalue weighted by atomic mass is 10.1. The maximum absolute atomic E-state index is 13.1. The Morgan fingerprint density at radius 2 is 1.66 bits per heavy atom. The van der Waals surface area contributed by atoms with Crippen LogP contribution in [-0.2, 0) is 19.1 Å². The number of hydrogen-bond acceptors (Lipinski definition) is 2. The maximum atomic E-state index is 13.1. The molecule has 29 heavy (non-hydrogen) atoms. The smallest absolute Gasteiger partial charge is 0.334 e. The molecule has 2 N–H and O–H groups in total. The van der Waals surface area contributed by atoms with Crippen molar-refractivity contribution >= 4 is 17.4 Å². The van der Waals surface area contributed by atoms with Crippen molar-refractivity contribution < 1.29 is 18.0 Å². The van der Waals surface area contributed by atoms with Gasteiger partial charge in [-0.15, -0.1) is 0 Å². The van der Waals surface area contributed by atoms with Gasteiger partial charge in [0.25, 0.3) is 0 Å². The van der Waals surface area contributed by atoms with Crippen LogP contribution in [0, 0.1) is 0 Å². The van der Waals surface area contributed by atoms with Crippen molar-refractivity contribution in [3.63, 3.8) is 0 Å². The van der Waals surface area contributed by atoms with Gasteiger partial charge in [0, 0.05) is 24.7 Å². The van der Waals surface area contributed by atoms with Crippen molar-refractivity contribution in [1.29, 1.82) is 0 Å². The highest BCUT2D eigenvalue weighted by atomic mass is 19.4. The predicted molar refractivity (Wildman–Crippen MR) is 105 cm³/mol. The third-order valence-electron chi connectivity index (χ3n) is 4.84. The summed E-state index contributed by atoms with van der Waals surface area (Å²) < 4.78 is 41.5. The number of anilines is 2. The van der Waals surface area contributed by atoms with Gasteiger partial charge in [-0.2, -0.15) is 13.2 Å². The Morgan fingerprint density at radius 3 is 2.41 bits per heavy atom. The Bertz CT molecular complexity index is 1020. The number of aryl methyl sites for hydroxylation is 2. The molecule has 150 valence electrons. The highest BCUT2D eigenvalue weighted by Crippen LogP contribution is 2.35. The van der Waals surface area contributed by atoms with Crippen LogP contribution in [0.3, 0.4) is 0 Å². The van der Waals surface area contributed by atoms with E-state index in [0.29, 0.717) is 11.3 Å². The van der Waals surface area contributed by atoms with E-state index in [-0.39, 0.29) is 5.69 Å². The Balaban J connectivity index is 1.57. The second-order valence-corrected chi connectivity index (χ2v) is 6.86. The maximum Gasteiger partial charge on any atom is 0.418 e. The van der Waals surface area contributed by atoms with E-state index in [4.69, 9.17) is 0 Å². The largest absolute Gasteiger partial charge is 0.418 e. The molecule has 0 unspecified atom stereocenters. The van der Waals surface area contributed by atoms with E-state index >= 15 is 0 Å². The van der Waals surface area contributed by atoms with E-state index in [0.717, 1.165) is 43.4 Å². The lowest BCUT2D eigenvalue weighted by Gasteiger charge is -2.15. The van der Waals surface area contributed by atoms with E-state index in [9.17, 15) is 18.0 Å². The number of urea groups is 1. The lowest BCUT2D eigenvalue weighted by molar-refractivity contribution is -0.136. The molecule has 2 aromatic carbocycles. The number of rotatable bonds is 3. The Kier molecular flexibility index (Phi) is 5.00. The van der Waals surface area contributed by atoms with Crippen LogP contribution in [0.15, 0.2) is 54.7 Å². The second-order valence-electron chi connectivity index (χ2n) is 6.86. The normalized spacial score (nSPS) is 13.6. The van der Waals surface area contributed by atoms with Crippen LogP contribution in [0.2, 0.25) is 0 Å². The standard InChI is InChI=1S/C21H19F3N4O/c22-21(23,24)15-8-2-4-10-17(15)27-20(29)26-16-9-3-1-7-14(16)18-13-28-12-6-5-11-19(28)25-18/h1-4,7-10,13H,5-6,11-12H2,(H2,26,27,29). The fourth-order valence-electron chi connectivity index (χ4n) is 3.47. The molecule has 2 amide bonds. The summed E-state index contributed by atoms with van der Waals surface area (Å²) in [4.78, 5) is 17.1. The minimum atomic E-state index is -4.56. The van der Waals surface area contributed by atoms with E-state index in [1.807, 2.05) is 18.3 Å². The van der Waals surface area contributed by atoms with Gasteiger partial charge in [0.15, 0.2) is 0 Å². The molecular formula is C21H19F3N4O. The summed E-state index contributed by atoms with van der Waals surface area (Å²) in [5.41, 5.74) is 0.727. The van der Waals surface area contributed by atoms with Gasteiger partial charge in [-0.1, -0.05) is 30.3 Å². The topological polar surface area (TPSA) is 59.0 Å². The van der Waals surface area contributed by atoms with Crippen LogP contribution in [0.4, 0.5) is 29.3 Å². The second kappa shape index (κ2) is 7.62. The van der Waals surface area contributed by atoms with Crippen molar-refractivity contribution in [1.82, 2.24) is 9.55 Å². The zero-order chi connectivity index (χ0) is 20.4. The number of fused-ring (bicyclic) bond motifs is 1. The Hall–Kier alpha value is -3.29. The number of carbonyl (C=O) groups excluding carboxylic acids is 1. The number of alkyl halides is 3. The first-order valence-corrected chi connectivity index (χ1v) is 9.31. The molecule has 0 spiro atoms. The summed E-state index contributed by atoms with van der Waals surface area (Å²) in [6, 6.07) is 11.2. The van der Waals surface area contributed by atoms with Gasteiger partial charge >= 0.3 is 12.2 Å². The number of nitrogens with zero attached hydrogens (tertiary/aromatic N) is 2. The van der Waals surface area contributed by atoms with E-state index in [1.54, 1.807) is 12.1 Å². The summed E-state index contributed by atoms with van der Waals surface area (Å²) in [6.45, 7) is 0.909. The number of nitrogens with one attached hydrogen (secondary N) is 2. The zero-order valence-corrected chi connectivity index (χ0v) is 15.5. The highest BCUT2D eigenvalue weighted by Gasteiger charge is 2.33. The molecule has 2 heterocycles. The van der Waals surface area contributed by atoms with Crippen LogP contribution in [0.25, 0.3) is 11.3 Å². The van der Waals surface area contributed by atoms with Crippen molar-refractivity contribution in [2.24, 2.45) is 0 Å². The van der Waals surface area contributed by atoms with Gasteiger partial charge in [0.2, 0.25) is 0 Å². The molecule has 0 atom stereocenters. The minimum Gasteiger partial charge on any atom is -0.334 e. The van der Waals surface area contributed by atoms with Crippen LogP contribution in [0.1, 0.15) is 24.2 Å². The van der Waals surface area contributed by atoms with Crippen molar-refractivity contribution in [2.45, 2.75) is 32.0 Å². The molecule has 8 heteroatoms. The van der Waals surface area contributed by atoms with E-state index in [2.05, 4.69) is 20.2 Å². The highest BCUT2D eigenvalue weighted by molar-refractivity contribution is 6.02. The van der Waals surface area contributed by atoms with Gasteiger partial charge in [0.1, 0.15) is 5.82 Å². The number of hydrogen-bond donors (Lipinski definition) is 2. The first kappa shape index (κ1) is 19.0. The van der Waals surface area contributed by atoms with Crippen molar-refractivity contribution in [3.05, 3.63) is 66.1 Å². The third kappa shape index (κ3) is 4.11. The van der Waals surface area contributed by atoms with E-state index in [1.165, 1.54) is 18.2 Å². The molecule has 0 radical (unpaired) electrons. The summed E-state index contributed by atoms with van der Waals surface area (Å²) >= 11 is 0. The number of carbonyl (C=O) groups is 1. The summed E-state index contributed by atoms with van der Waals surface area (Å²) in [5.74, 6) is 1.00. The molecule has 3 aromatic rings. The minimum absolute atomic E-state index is 0.299. The van der Waals surface area contributed by atoms with E-state index < -0.39 is 17.8 Å². The van der Waals surface area contributed by atoms with Crippen LogP contribution >= 0.6 is 0 Å². The molecule has 0 saturated heterocycles. The molecule has 0 aliphatic carbocycles. The third-order valence-corrected chi connectivity index (χ3v) is 4.84. The molecule has 1 aliphatic rings. The number of benzene rings is 2. The molecule has 4 rings (SSSR count). The molecule has 0 saturated carbocycles. The van der Waals surface area contributed by atoms with Gasteiger partial charge in [0.05, 0.1) is 22.6 Å². The van der Waals surface area contributed by atoms with Crippen molar-refractivity contribution in [2.75, 3.05) is 10.6 Å². The molecule has 1 aromatic heterocycles. The number of amides is 2. The van der Waals surface area contributed by atoms with Crippen molar-refractivity contribution in [3.8, 4) is 11.3 Å². The fourth-order valence-corrected chi connectivity index (χ4v) is 3.47. The summed E-state index contributed by atoms with van der Waals surface area (Å²) in [5, 5.41) is 4.95. The lowest BCUT2D eigenvalue weighted by Crippen LogP contribution is -2.22. The summed E-state index contributed by atoms with van der Waals surface area (Å²) in [6.07, 6.45) is 0.495. The first-order valence-electron chi connectivity index (χ1n) is 9.31. The van der Waals surface area contributed by atoms with Gasteiger partial charge < -0.3 is 15.2 Å². The summed E-state index contributed by atoms with van der Waals surface area (Å²) in [7, 11) is 0. The SMILES string of the molecule is O=C(Nc1ccccc1-c1cn2c(n1)CCCC2)Nc1ccccc1C(F)(F)F. The number of aromatic nitrogens is 2. The van der Waals surface area contributed by atoms with Gasteiger partial charge in [-0.05, 0) is 31.0 Å². The van der Waals surface area contributed by atoms with Crippen LogP contribution < -0.4 is 10.6 Å². The monoisotopic (exact) mass is 400 g/mol.